The second-order valence-corrected chi connectivity index (χ2v) is 8.72. The number of hydrogen-bond donors (Lipinski definition) is 1. The van der Waals surface area contributed by atoms with Crippen LogP contribution in [0, 0.1) is 10.1 Å². The summed E-state index contributed by atoms with van der Waals surface area (Å²) in [5.41, 5.74) is 3.92. The Morgan fingerprint density at radius 3 is 2.49 bits per heavy atom. The first-order valence-corrected chi connectivity index (χ1v) is 11.9. The van der Waals surface area contributed by atoms with Gasteiger partial charge in [-0.25, -0.2) is 9.97 Å². The molecule has 0 bridgehead atoms. The maximum atomic E-state index is 12.6. The Hall–Kier alpha value is -4.31. The molecule has 0 unspecified atom stereocenters. The molecule has 5 rings (SSSR count). The molecule has 5 aromatic rings. The molecule has 174 valence electrons. The van der Waals surface area contributed by atoms with Crippen LogP contribution < -0.4 is 5.32 Å². The molecule has 10 heteroatoms. The lowest BCUT2D eigenvalue weighted by molar-refractivity contribution is -0.384. The number of nitro benzene ring substituents is 1. The number of non-ortho nitro benzene ring substituents is 1. The Morgan fingerprint density at radius 2 is 1.77 bits per heavy atom. The van der Waals surface area contributed by atoms with Crippen LogP contribution in [0.15, 0.2) is 78.0 Å². The first-order valence-electron chi connectivity index (χ1n) is 10.9. The van der Waals surface area contributed by atoms with Crippen molar-refractivity contribution in [2.24, 2.45) is 0 Å². The molecule has 1 N–H and O–H groups in total. The summed E-state index contributed by atoms with van der Waals surface area (Å²) in [4.78, 5) is 32.5. The Balaban J connectivity index is 1.44. The van der Waals surface area contributed by atoms with Gasteiger partial charge in [-0.2, -0.15) is 4.52 Å². The average molecular weight is 485 g/mol. The van der Waals surface area contributed by atoms with E-state index in [9.17, 15) is 14.9 Å². The van der Waals surface area contributed by atoms with Gasteiger partial charge < -0.3 is 5.32 Å². The zero-order valence-electron chi connectivity index (χ0n) is 18.7. The minimum absolute atomic E-state index is 0.00350. The summed E-state index contributed by atoms with van der Waals surface area (Å²) < 4.78 is 1.62. The number of para-hydroxylation sites is 1. The Bertz CT molecular complexity index is 1550. The topological polar surface area (TPSA) is 115 Å². The summed E-state index contributed by atoms with van der Waals surface area (Å²) in [6.45, 7) is 2.08. The van der Waals surface area contributed by atoms with E-state index in [0.29, 0.717) is 22.2 Å². The largest absolute Gasteiger partial charge is 0.325 e. The molecule has 0 atom stereocenters. The summed E-state index contributed by atoms with van der Waals surface area (Å²) in [6.07, 6.45) is 0.938. The molecule has 0 fully saturated rings. The molecule has 1 amide bonds. The molecule has 0 spiro atoms. The predicted molar refractivity (Wildman–Crippen MR) is 136 cm³/mol. The fourth-order valence-electron chi connectivity index (χ4n) is 3.63. The second-order valence-electron chi connectivity index (χ2n) is 7.77. The lowest BCUT2D eigenvalue weighted by atomic mass is 10.1. The number of carbonyl (C=O) groups is 1. The van der Waals surface area contributed by atoms with Crippen LogP contribution in [-0.4, -0.2) is 36.2 Å². The van der Waals surface area contributed by atoms with E-state index in [0.717, 1.165) is 23.0 Å². The number of aryl methyl sites for hydroxylation is 1. The zero-order valence-corrected chi connectivity index (χ0v) is 19.5. The van der Waals surface area contributed by atoms with Crippen molar-refractivity contribution in [3.8, 4) is 11.4 Å². The van der Waals surface area contributed by atoms with Gasteiger partial charge in [-0.1, -0.05) is 43.0 Å². The maximum absolute atomic E-state index is 12.6. The molecule has 35 heavy (non-hydrogen) atoms. The third-order valence-corrected chi connectivity index (χ3v) is 6.39. The Labute approximate surface area is 204 Å². The molecule has 3 aromatic carbocycles. The van der Waals surface area contributed by atoms with Crippen LogP contribution in [0.1, 0.15) is 12.5 Å². The minimum atomic E-state index is -0.448. The van der Waals surface area contributed by atoms with Gasteiger partial charge in [0, 0.05) is 28.8 Å². The lowest BCUT2D eigenvalue weighted by Crippen LogP contribution is -2.14. The number of thioether (sulfide) groups is 1. The number of anilines is 1. The van der Waals surface area contributed by atoms with Gasteiger partial charge >= 0.3 is 0 Å². The molecule has 0 aliphatic carbocycles. The van der Waals surface area contributed by atoms with Crippen LogP contribution in [0.5, 0.6) is 0 Å². The van der Waals surface area contributed by atoms with Gasteiger partial charge in [0.05, 0.1) is 16.2 Å². The number of hydrogen-bond acceptors (Lipinski definition) is 7. The molecular weight excluding hydrogens is 464 g/mol. The van der Waals surface area contributed by atoms with Crippen LogP contribution in [0.4, 0.5) is 11.4 Å². The van der Waals surface area contributed by atoms with Crippen LogP contribution in [0.3, 0.4) is 0 Å². The number of benzene rings is 3. The van der Waals surface area contributed by atoms with Crippen LogP contribution in [0.25, 0.3) is 27.9 Å². The van der Waals surface area contributed by atoms with Crippen molar-refractivity contribution >= 4 is 45.6 Å². The average Bonchev–Trinajstić information content (AvgIpc) is 3.34. The van der Waals surface area contributed by atoms with E-state index in [1.165, 1.54) is 29.5 Å². The quantitative estimate of drug-likeness (QED) is 0.147. The molecule has 0 radical (unpaired) electrons. The first kappa shape index (κ1) is 22.5. The molecule has 9 nitrogen and oxygen atoms in total. The molecule has 0 aliphatic rings. The smallest absolute Gasteiger partial charge is 0.269 e. The van der Waals surface area contributed by atoms with E-state index in [-0.39, 0.29) is 17.3 Å². The summed E-state index contributed by atoms with van der Waals surface area (Å²) in [5, 5.41) is 19.8. The monoisotopic (exact) mass is 484 g/mol. The van der Waals surface area contributed by atoms with Gasteiger partial charge in [0.2, 0.25) is 5.91 Å². The van der Waals surface area contributed by atoms with E-state index in [1.54, 1.807) is 16.6 Å². The number of amides is 1. The van der Waals surface area contributed by atoms with Crippen molar-refractivity contribution in [1.82, 2.24) is 19.6 Å². The number of rotatable bonds is 7. The number of fused-ring (bicyclic) bond motifs is 3. The zero-order chi connectivity index (χ0) is 24.4. The van der Waals surface area contributed by atoms with E-state index >= 15 is 0 Å². The van der Waals surface area contributed by atoms with Crippen LogP contribution in [0.2, 0.25) is 0 Å². The van der Waals surface area contributed by atoms with Crippen molar-refractivity contribution in [1.29, 1.82) is 0 Å². The summed E-state index contributed by atoms with van der Waals surface area (Å²) >= 11 is 1.26. The first-order chi connectivity index (χ1) is 17.0. The Morgan fingerprint density at radius 1 is 1.03 bits per heavy atom. The van der Waals surface area contributed by atoms with Gasteiger partial charge in [-0.05, 0) is 48.4 Å². The number of aromatic nitrogens is 4. The molecule has 0 aliphatic heterocycles. The molecule has 2 heterocycles. The van der Waals surface area contributed by atoms with E-state index in [4.69, 9.17) is 4.98 Å². The second kappa shape index (κ2) is 9.51. The summed E-state index contributed by atoms with van der Waals surface area (Å²) in [7, 11) is 0. The molecule has 0 saturated heterocycles. The highest BCUT2D eigenvalue weighted by molar-refractivity contribution is 7.99. The van der Waals surface area contributed by atoms with Crippen molar-refractivity contribution in [2.75, 3.05) is 11.1 Å². The summed E-state index contributed by atoms with van der Waals surface area (Å²) in [6, 6.07) is 21.4. The van der Waals surface area contributed by atoms with Crippen LogP contribution >= 0.6 is 11.8 Å². The van der Waals surface area contributed by atoms with Gasteiger partial charge in [-0.15, -0.1) is 5.10 Å². The maximum Gasteiger partial charge on any atom is 0.269 e. The number of nitrogens with zero attached hydrogens (tertiary/aromatic N) is 5. The van der Waals surface area contributed by atoms with Crippen molar-refractivity contribution < 1.29 is 9.72 Å². The fourth-order valence-corrected chi connectivity index (χ4v) is 4.37. The summed E-state index contributed by atoms with van der Waals surface area (Å²) in [5.74, 6) is 0.404. The van der Waals surface area contributed by atoms with Gasteiger partial charge in [-0.3, -0.25) is 14.9 Å². The Kier molecular flexibility index (Phi) is 6.11. The highest BCUT2D eigenvalue weighted by atomic mass is 32.2. The van der Waals surface area contributed by atoms with Crippen molar-refractivity contribution in [3.63, 3.8) is 0 Å². The lowest BCUT2D eigenvalue weighted by Gasteiger charge is -2.07. The van der Waals surface area contributed by atoms with Crippen LogP contribution in [-0.2, 0) is 11.2 Å². The van der Waals surface area contributed by atoms with E-state index < -0.39 is 4.92 Å². The van der Waals surface area contributed by atoms with Gasteiger partial charge in [0.25, 0.3) is 5.69 Å². The van der Waals surface area contributed by atoms with Crippen molar-refractivity contribution in [2.45, 2.75) is 18.5 Å². The predicted octanol–water partition coefficient (Wildman–Crippen LogP) is 5.15. The van der Waals surface area contributed by atoms with E-state index in [1.807, 2.05) is 48.5 Å². The molecule has 0 saturated carbocycles. The normalized spacial score (nSPS) is 11.1. The fraction of sp³-hybridized carbons (Fsp3) is 0.120. The number of carbonyl (C=O) groups excluding carboxylic acids is 1. The molecule has 2 aromatic heterocycles. The van der Waals surface area contributed by atoms with Gasteiger partial charge in [0.15, 0.2) is 16.6 Å². The SMILES string of the molecule is CCc1ccc(NC(=O)CSc2nc3ccccc3c3nc(-c4ccc([N+](=O)[O-])cc4)nn23)cc1. The number of nitrogens with one attached hydrogen (secondary N) is 1. The third kappa shape index (κ3) is 4.69. The number of nitro groups is 1. The highest BCUT2D eigenvalue weighted by Crippen LogP contribution is 2.27. The minimum Gasteiger partial charge on any atom is -0.325 e. The molecular formula is C25H20N6O3S. The van der Waals surface area contributed by atoms with Crippen molar-refractivity contribution in [3.05, 3.63) is 88.5 Å². The third-order valence-electron chi connectivity index (χ3n) is 5.46. The standard InChI is InChI=1S/C25H20N6O3S/c1-2-16-7-11-18(12-8-16)26-22(32)15-35-25-27-21-6-4-3-5-20(21)24-28-23(29-30(24)25)17-9-13-19(14-10-17)31(33)34/h3-14H,2,15H2,1H3,(H,26,32). The van der Waals surface area contributed by atoms with Gasteiger partial charge in [0.1, 0.15) is 0 Å². The van der Waals surface area contributed by atoms with E-state index in [2.05, 4.69) is 22.3 Å². The highest BCUT2D eigenvalue weighted by Gasteiger charge is 2.17.